The smallest absolute Gasteiger partial charge is 0.0300 e. The van der Waals surface area contributed by atoms with Crippen molar-refractivity contribution in [3.05, 3.63) is 30.1 Å². The lowest BCUT2D eigenvalue weighted by atomic mass is 9.83. The zero-order valence-electron chi connectivity index (χ0n) is 10.9. The maximum atomic E-state index is 4.24. The Morgan fingerprint density at radius 1 is 1.35 bits per heavy atom. The fraction of sp³-hybridized carbons (Fsp3) is 0.667. The first-order valence-electron chi connectivity index (χ1n) is 6.99. The molecule has 2 heterocycles. The Morgan fingerprint density at radius 2 is 2.29 bits per heavy atom. The summed E-state index contributed by atoms with van der Waals surface area (Å²) in [5.41, 5.74) is 1.70. The lowest BCUT2D eigenvalue weighted by Crippen LogP contribution is -2.46. The Bertz CT molecular complexity index is 313. The molecule has 1 unspecified atom stereocenters. The molecule has 1 aromatic heterocycles. The van der Waals surface area contributed by atoms with Gasteiger partial charge in [0.05, 0.1) is 0 Å². The summed E-state index contributed by atoms with van der Waals surface area (Å²) in [6, 6.07) is 4.25. The van der Waals surface area contributed by atoms with E-state index in [1.165, 1.54) is 50.6 Å². The Hall–Kier alpha value is -0.890. The second-order valence-electron chi connectivity index (χ2n) is 5.31. The molecule has 1 N–H and O–H groups in total. The summed E-state index contributed by atoms with van der Waals surface area (Å²) in [6.07, 6.45) is 12.9. The second-order valence-corrected chi connectivity index (χ2v) is 5.31. The monoisotopic (exact) mass is 232 g/mol. The standard InChI is InChI=1S/C15H24N2/c1-2-8-15(9-4-3-5-11-17-15)12-14-7-6-10-16-13-14/h6-7,10,13,17H,2-5,8-9,11-12H2,1H3. The highest BCUT2D eigenvalue weighted by molar-refractivity contribution is 5.13. The van der Waals surface area contributed by atoms with Crippen molar-refractivity contribution < 1.29 is 0 Å². The van der Waals surface area contributed by atoms with E-state index in [1.54, 1.807) is 0 Å². The van der Waals surface area contributed by atoms with Gasteiger partial charge in [-0.05, 0) is 43.9 Å². The molecule has 2 heteroatoms. The molecule has 0 radical (unpaired) electrons. The van der Waals surface area contributed by atoms with E-state index in [1.807, 2.05) is 18.5 Å². The average Bonchev–Trinajstić information content (AvgIpc) is 2.57. The van der Waals surface area contributed by atoms with Crippen molar-refractivity contribution in [2.75, 3.05) is 6.54 Å². The van der Waals surface area contributed by atoms with Crippen LogP contribution in [-0.4, -0.2) is 17.1 Å². The van der Waals surface area contributed by atoms with E-state index < -0.39 is 0 Å². The van der Waals surface area contributed by atoms with Gasteiger partial charge in [-0.3, -0.25) is 4.98 Å². The fourth-order valence-electron chi connectivity index (χ4n) is 3.03. The molecule has 1 saturated heterocycles. The molecule has 2 rings (SSSR count). The summed E-state index contributed by atoms with van der Waals surface area (Å²) in [5, 5.41) is 3.82. The van der Waals surface area contributed by atoms with Gasteiger partial charge in [0.1, 0.15) is 0 Å². The summed E-state index contributed by atoms with van der Waals surface area (Å²) < 4.78 is 0. The third kappa shape index (κ3) is 3.53. The van der Waals surface area contributed by atoms with E-state index in [2.05, 4.69) is 23.3 Å². The van der Waals surface area contributed by atoms with Crippen LogP contribution in [-0.2, 0) is 6.42 Å². The van der Waals surface area contributed by atoms with Gasteiger partial charge in [0, 0.05) is 17.9 Å². The first-order chi connectivity index (χ1) is 8.35. The summed E-state index contributed by atoms with van der Waals surface area (Å²) in [5.74, 6) is 0. The molecule has 0 saturated carbocycles. The highest BCUT2D eigenvalue weighted by atomic mass is 15.0. The molecular formula is C15H24N2. The lowest BCUT2D eigenvalue weighted by molar-refractivity contribution is 0.288. The number of hydrogen-bond donors (Lipinski definition) is 1. The van der Waals surface area contributed by atoms with Crippen molar-refractivity contribution >= 4 is 0 Å². The van der Waals surface area contributed by atoms with Crippen LogP contribution >= 0.6 is 0 Å². The van der Waals surface area contributed by atoms with Crippen molar-refractivity contribution in [3.8, 4) is 0 Å². The molecule has 2 nitrogen and oxygen atoms in total. The van der Waals surface area contributed by atoms with Gasteiger partial charge in [-0.25, -0.2) is 0 Å². The maximum Gasteiger partial charge on any atom is 0.0300 e. The van der Waals surface area contributed by atoms with Gasteiger partial charge >= 0.3 is 0 Å². The molecule has 0 amide bonds. The molecule has 1 atom stereocenters. The topological polar surface area (TPSA) is 24.9 Å². The molecular weight excluding hydrogens is 208 g/mol. The normalized spacial score (nSPS) is 25.5. The van der Waals surface area contributed by atoms with Crippen molar-refractivity contribution in [1.29, 1.82) is 0 Å². The molecule has 1 fully saturated rings. The minimum atomic E-state index is 0.328. The Balaban J connectivity index is 2.09. The van der Waals surface area contributed by atoms with E-state index in [9.17, 15) is 0 Å². The zero-order chi connectivity index (χ0) is 12.0. The number of aromatic nitrogens is 1. The van der Waals surface area contributed by atoms with Gasteiger partial charge in [0.25, 0.3) is 0 Å². The van der Waals surface area contributed by atoms with E-state index in [-0.39, 0.29) is 0 Å². The molecule has 1 aliphatic rings. The van der Waals surface area contributed by atoms with Crippen molar-refractivity contribution in [2.45, 2.75) is 57.4 Å². The molecule has 0 aliphatic carbocycles. The summed E-state index contributed by atoms with van der Waals surface area (Å²) in [4.78, 5) is 4.24. The fourth-order valence-corrected chi connectivity index (χ4v) is 3.03. The predicted octanol–water partition coefficient (Wildman–Crippen LogP) is 3.33. The van der Waals surface area contributed by atoms with Gasteiger partial charge in [0.2, 0.25) is 0 Å². The number of rotatable bonds is 4. The lowest BCUT2D eigenvalue weighted by Gasteiger charge is -2.34. The molecule has 1 aliphatic heterocycles. The SMILES string of the molecule is CCCC1(Cc2cccnc2)CCCCCN1. The van der Waals surface area contributed by atoms with E-state index in [4.69, 9.17) is 0 Å². The average molecular weight is 232 g/mol. The number of hydrogen-bond acceptors (Lipinski definition) is 2. The van der Waals surface area contributed by atoms with Gasteiger partial charge < -0.3 is 5.32 Å². The molecule has 17 heavy (non-hydrogen) atoms. The van der Waals surface area contributed by atoms with Gasteiger partial charge in [0.15, 0.2) is 0 Å². The van der Waals surface area contributed by atoms with Crippen molar-refractivity contribution in [3.63, 3.8) is 0 Å². The maximum absolute atomic E-state index is 4.24. The number of nitrogens with zero attached hydrogens (tertiary/aromatic N) is 1. The van der Waals surface area contributed by atoms with E-state index >= 15 is 0 Å². The van der Waals surface area contributed by atoms with Gasteiger partial charge in [-0.2, -0.15) is 0 Å². The minimum Gasteiger partial charge on any atom is -0.311 e. The van der Waals surface area contributed by atoms with Crippen LogP contribution in [0.15, 0.2) is 24.5 Å². The Labute approximate surface area is 105 Å². The Kier molecular flexibility index (Phi) is 4.55. The molecule has 0 bridgehead atoms. The molecule has 94 valence electrons. The minimum absolute atomic E-state index is 0.328. The zero-order valence-corrected chi connectivity index (χ0v) is 10.9. The number of pyridine rings is 1. The van der Waals surface area contributed by atoms with Crippen molar-refractivity contribution in [1.82, 2.24) is 10.3 Å². The highest BCUT2D eigenvalue weighted by Gasteiger charge is 2.29. The molecule has 0 aromatic carbocycles. The predicted molar refractivity (Wildman–Crippen MR) is 72.1 cm³/mol. The van der Waals surface area contributed by atoms with E-state index in [0.717, 1.165) is 6.42 Å². The molecule has 1 aromatic rings. The van der Waals surface area contributed by atoms with Gasteiger partial charge in [-0.15, -0.1) is 0 Å². The third-order valence-corrected chi connectivity index (χ3v) is 3.83. The largest absolute Gasteiger partial charge is 0.311 e. The Morgan fingerprint density at radius 3 is 3.06 bits per heavy atom. The van der Waals surface area contributed by atoms with Crippen LogP contribution < -0.4 is 5.32 Å². The first-order valence-corrected chi connectivity index (χ1v) is 6.99. The van der Waals surface area contributed by atoms with Crippen LogP contribution in [0.5, 0.6) is 0 Å². The molecule has 0 spiro atoms. The van der Waals surface area contributed by atoms with Crippen molar-refractivity contribution in [2.24, 2.45) is 0 Å². The van der Waals surface area contributed by atoms with Crippen LogP contribution in [0.3, 0.4) is 0 Å². The second kappa shape index (κ2) is 6.15. The summed E-state index contributed by atoms with van der Waals surface area (Å²) in [6.45, 7) is 3.47. The highest BCUT2D eigenvalue weighted by Crippen LogP contribution is 2.27. The third-order valence-electron chi connectivity index (χ3n) is 3.83. The van der Waals surface area contributed by atoms with Gasteiger partial charge in [-0.1, -0.05) is 32.3 Å². The van der Waals surface area contributed by atoms with E-state index in [0.29, 0.717) is 5.54 Å². The van der Waals surface area contributed by atoms with Crippen LogP contribution in [0.25, 0.3) is 0 Å². The summed E-state index contributed by atoms with van der Waals surface area (Å²) >= 11 is 0. The van der Waals surface area contributed by atoms with Crippen LogP contribution in [0, 0.1) is 0 Å². The quantitative estimate of drug-likeness (QED) is 0.861. The van der Waals surface area contributed by atoms with Crippen LogP contribution in [0.1, 0.15) is 51.0 Å². The van der Waals surface area contributed by atoms with Crippen LogP contribution in [0.4, 0.5) is 0 Å². The first kappa shape index (κ1) is 12.6. The van der Waals surface area contributed by atoms with Crippen LogP contribution in [0.2, 0.25) is 0 Å². The number of nitrogens with one attached hydrogen (secondary N) is 1. The summed E-state index contributed by atoms with van der Waals surface area (Å²) in [7, 11) is 0.